The Balaban J connectivity index is 1.29. The molecule has 1 aromatic heterocycles. The number of carboxylic acids is 1. The Labute approximate surface area is 357 Å². The minimum atomic E-state index is -1.19. The highest BCUT2D eigenvalue weighted by Gasteiger charge is 2.71. The van der Waals surface area contributed by atoms with Gasteiger partial charge in [-0.05, 0) is 162 Å². The molecule has 2 aromatic rings. The lowest BCUT2D eigenvalue weighted by Gasteiger charge is -2.72. The predicted octanol–water partition coefficient (Wildman–Crippen LogP) is 9.03. The van der Waals surface area contributed by atoms with Crippen molar-refractivity contribution in [2.45, 2.75) is 152 Å². The van der Waals surface area contributed by atoms with Crippen LogP contribution in [0.15, 0.2) is 40.2 Å². The predicted molar refractivity (Wildman–Crippen MR) is 233 cm³/mol. The van der Waals surface area contributed by atoms with Gasteiger partial charge in [0.15, 0.2) is 5.78 Å². The molecule has 4 saturated carbocycles. The highest BCUT2D eigenvalue weighted by Crippen LogP contribution is 2.77. The van der Waals surface area contributed by atoms with E-state index in [2.05, 4.69) is 64.1 Å². The van der Waals surface area contributed by atoms with Gasteiger partial charge < -0.3 is 14.7 Å². The number of likely N-dealkylation sites (N-methyl/N-ethyl adjacent to an activating group) is 1. The first kappa shape index (κ1) is 44.1. The molecule has 10 nitrogen and oxygen atoms in total. The van der Waals surface area contributed by atoms with Crippen LogP contribution in [0.3, 0.4) is 0 Å². The molecule has 10 heteroatoms. The normalized spacial score (nSPS) is 33.5. The Bertz CT molecular complexity index is 2220. The zero-order valence-electron chi connectivity index (χ0n) is 38.5. The van der Waals surface area contributed by atoms with E-state index in [9.17, 15) is 29.5 Å². The number of nitrogens with zero attached hydrogens (tertiary/aromatic N) is 4. The van der Waals surface area contributed by atoms with E-state index in [-0.39, 0.29) is 57.4 Å². The number of aliphatic carboxylic acids is 1. The van der Waals surface area contributed by atoms with Gasteiger partial charge in [0.1, 0.15) is 6.10 Å². The van der Waals surface area contributed by atoms with E-state index >= 15 is 0 Å². The van der Waals surface area contributed by atoms with Gasteiger partial charge in [-0.25, -0.2) is 4.68 Å². The largest absolute Gasteiger partial charge is 0.481 e. The van der Waals surface area contributed by atoms with Crippen LogP contribution in [0.4, 0.5) is 0 Å². The first-order valence-electron chi connectivity index (χ1n) is 22.6. The van der Waals surface area contributed by atoms with E-state index in [1.807, 2.05) is 33.2 Å². The SMILES string of the molecule is Cc1c([C@@]23CC[C@]4(C)[C@H](CC[C@@H]5[C@@]6(C)CC[C@H](OC(=O)CC(C)(C)C(=O)O)C(C)(C)[C@@H]6CC[C@]54C)C2=C(C(C)C)C(=O)C3)n(CCN(C)C)n(-c2ccc(C#N)cc2)c1=O. The Morgan fingerprint density at radius 2 is 1.62 bits per heavy atom. The van der Waals surface area contributed by atoms with Crippen molar-refractivity contribution >= 4 is 17.7 Å². The first-order valence-corrected chi connectivity index (χ1v) is 22.6. The number of carbonyl (C=O) groups excluding carboxylic acids is 2. The summed E-state index contributed by atoms with van der Waals surface area (Å²) >= 11 is 0. The van der Waals surface area contributed by atoms with E-state index in [1.165, 1.54) is 5.57 Å². The number of rotatable bonds is 10. The van der Waals surface area contributed by atoms with Crippen LogP contribution in [0.25, 0.3) is 5.69 Å². The minimum Gasteiger partial charge on any atom is -0.481 e. The number of carbonyl (C=O) groups is 3. The number of ketones is 1. The van der Waals surface area contributed by atoms with Gasteiger partial charge in [0.2, 0.25) is 0 Å². The third-order valence-corrected chi connectivity index (χ3v) is 17.6. The van der Waals surface area contributed by atoms with Gasteiger partial charge in [0.25, 0.3) is 5.56 Å². The number of fused-ring (bicyclic) bond motifs is 7. The molecule has 4 fully saturated rings. The van der Waals surface area contributed by atoms with Gasteiger partial charge in [-0.3, -0.25) is 23.9 Å². The van der Waals surface area contributed by atoms with Crippen molar-refractivity contribution < 1.29 is 24.2 Å². The minimum absolute atomic E-state index is 0.00673. The molecule has 8 atom stereocenters. The molecule has 326 valence electrons. The van der Waals surface area contributed by atoms with Crippen molar-refractivity contribution in [3.05, 3.63) is 62.6 Å². The maximum Gasteiger partial charge on any atom is 0.309 e. The summed E-state index contributed by atoms with van der Waals surface area (Å²) < 4.78 is 10.2. The summed E-state index contributed by atoms with van der Waals surface area (Å²) in [5.74, 6) is -0.188. The molecule has 0 unspecified atom stereocenters. The zero-order chi connectivity index (χ0) is 44.1. The number of hydrogen-bond acceptors (Lipinski definition) is 7. The molecule has 0 bridgehead atoms. The summed E-state index contributed by atoms with van der Waals surface area (Å²) in [6.07, 6.45) is 7.54. The second-order valence-electron chi connectivity index (χ2n) is 22.2. The van der Waals surface area contributed by atoms with Crippen LogP contribution in [0, 0.1) is 69.0 Å². The van der Waals surface area contributed by atoms with Crippen LogP contribution < -0.4 is 5.56 Å². The van der Waals surface area contributed by atoms with E-state index < -0.39 is 22.8 Å². The fourth-order valence-corrected chi connectivity index (χ4v) is 14.4. The number of nitriles is 1. The zero-order valence-corrected chi connectivity index (χ0v) is 38.5. The maximum absolute atomic E-state index is 14.7. The van der Waals surface area contributed by atoms with Crippen LogP contribution in [0.1, 0.15) is 143 Å². The van der Waals surface area contributed by atoms with E-state index in [1.54, 1.807) is 30.7 Å². The van der Waals surface area contributed by atoms with Crippen molar-refractivity contribution in [2.24, 2.45) is 50.7 Å². The summed E-state index contributed by atoms with van der Waals surface area (Å²) in [7, 11) is 4.09. The number of allylic oxidation sites excluding steroid dienone is 2. The second kappa shape index (κ2) is 14.8. The fraction of sp³-hybridized carbons (Fsp3) is 0.700. The molecule has 0 radical (unpaired) electrons. The molecule has 5 aliphatic rings. The monoisotopic (exact) mass is 823 g/mol. The topological polar surface area (TPSA) is 135 Å². The van der Waals surface area contributed by atoms with E-state index in [0.29, 0.717) is 42.5 Å². The molecular weight excluding hydrogens is 753 g/mol. The van der Waals surface area contributed by atoms with Crippen LogP contribution in [-0.4, -0.2) is 63.8 Å². The van der Waals surface area contributed by atoms with Crippen LogP contribution >= 0.6 is 0 Å². The lowest BCUT2D eigenvalue weighted by atomic mass is 9.33. The summed E-state index contributed by atoms with van der Waals surface area (Å²) in [6.45, 7) is 22.9. The highest BCUT2D eigenvalue weighted by molar-refractivity contribution is 6.02. The molecule has 60 heavy (non-hydrogen) atoms. The van der Waals surface area contributed by atoms with Crippen LogP contribution in [-0.2, 0) is 31.1 Å². The smallest absolute Gasteiger partial charge is 0.309 e. The van der Waals surface area contributed by atoms with Crippen molar-refractivity contribution in [3.63, 3.8) is 0 Å². The Morgan fingerprint density at radius 3 is 2.22 bits per heavy atom. The van der Waals surface area contributed by atoms with Gasteiger partial charge in [0.05, 0.1) is 41.4 Å². The van der Waals surface area contributed by atoms with Gasteiger partial charge >= 0.3 is 11.9 Å². The molecule has 0 amide bonds. The number of esters is 1. The lowest BCUT2D eigenvalue weighted by molar-refractivity contribution is -0.232. The molecule has 0 aliphatic heterocycles. The standard InChI is InChI=1S/C50H70N4O6/c1-30(2)40-35(55)27-50(42-31(3)43(57)54(53(42)26-25-52(11)12)33-15-13-32(29-51)14-16-33)24-23-48(9)34(41(40)50)17-18-37-47(8)21-20-38(60-39(56)28-45(4,5)44(58)59)46(6,7)36(47)19-22-49(37,48)10/h13-16,30,34,36-38H,17-28H2,1-12H3,(H,58,59)/t34-,36+,37-,38+,47+,48-,49-,50-/m1/s1. The molecule has 1 aromatic carbocycles. The lowest BCUT2D eigenvalue weighted by Crippen LogP contribution is -2.66. The van der Waals surface area contributed by atoms with Crippen LogP contribution in [0.2, 0.25) is 0 Å². The average Bonchev–Trinajstić information content (AvgIpc) is 3.61. The number of benzene rings is 1. The summed E-state index contributed by atoms with van der Waals surface area (Å²) in [6, 6.07) is 9.46. The average molecular weight is 823 g/mol. The number of aromatic nitrogens is 2. The highest BCUT2D eigenvalue weighted by atomic mass is 16.5. The summed E-state index contributed by atoms with van der Waals surface area (Å²) in [5, 5.41) is 19.2. The molecule has 0 spiro atoms. The first-order chi connectivity index (χ1) is 27.9. The molecule has 1 N–H and O–H groups in total. The second-order valence-corrected chi connectivity index (χ2v) is 22.2. The third-order valence-electron chi connectivity index (χ3n) is 17.6. The van der Waals surface area contributed by atoms with E-state index in [0.717, 1.165) is 68.3 Å². The number of carboxylic acid groups (broad SMARTS) is 1. The Morgan fingerprint density at radius 1 is 0.950 bits per heavy atom. The molecule has 5 aliphatic carbocycles. The van der Waals surface area contributed by atoms with Crippen molar-refractivity contribution in [1.29, 1.82) is 5.26 Å². The Hall–Kier alpha value is -3.97. The summed E-state index contributed by atoms with van der Waals surface area (Å²) in [4.78, 5) is 56.5. The van der Waals surface area contributed by atoms with Crippen molar-refractivity contribution in [2.75, 3.05) is 20.6 Å². The van der Waals surface area contributed by atoms with Gasteiger partial charge in [-0.2, -0.15) is 5.26 Å². The Kier molecular flexibility index (Phi) is 10.9. The van der Waals surface area contributed by atoms with E-state index in [4.69, 9.17) is 4.74 Å². The molecular formula is C50H70N4O6. The van der Waals surface area contributed by atoms with Gasteiger partial charge in [-0.15, -0.1) is 0 Å². The molecule has 7 rings (SSSR count). The van der Waals surface area contributed by atoms with Gasteiger partial charge in [0, 0.05) is 29.4 Å². The third kappa shape index (κ3) is 6.40. The van der Waals surface area contributed by atoms with Crippen LogP contribution in [0.5, 0.6) is 0 Å². The maximum atomic E-state index is 14.7. The van der Waals surface area contributed by atoms with Gasteiger partial charge in [-0.1, -0.05) is 48.5 Å². The van der Waals surface area contributed by atoms with Crippen molar-refractivity contribution in [3.8, 4) is 11.8 Å². The number of Topliss-reactive ketones (excluding diaryl/α,β-unsaturated/α-hetero) is 1. The quantitative estimate of drug-likeness (QED) is 0.235. The number of hydrogen-bond donors (Lipinski definition) is 1. The van der Waals surface area contributed by atoms with Crippen molar-refractivity contribution in [1.82, 2.24) is 14.3 Å². The number of ether oxygens (including phenoxy) is 1. The fourth-order valence-electron chi connectivity index (χ4n) is 14.4. The summed E-state index contributed by atoms with van der Waals surface area (Å²) in [5.41, 5.74) is 3.05. The molecule has 0 saturated heterocycles. The molecule has 1 heterocycles.